The molecule has 2 atom stereocenters. The molecule has 0 aliphatic carbocycles. The Morgan fingerprint density at radius 2 is 1.96 bits per heavy atom. The molecule has 2 saturated heterocycles. The van der Waals surface area contributed by atoms with Crippen LogP contribution in [-0.4, -0.2) is 55.5 Å². The molecule has 0 saturated carbocycles. The van der Waals surface area contributed by atoms with Crippen molar-refractivity contribution in [2.45, 2.75) is 38.0 Å². The SMILES string of the molecule is O=C(NC1CCS(=O)(=O)C1)C1CCCN1C(=O)OCc1ccccc1. The molecule has 0 aromatic heterocycles. The van der Waals surface area contributed by atoms with E-state index in [2.05, 4.69) is 5.32 Å². The van der Waals surface area contributed by atoms with Crippen molar-refractivity contribution in [3.05, 3.63) is 35.9 Å². The second-order valence-corrected chi connectivity index (χ2v) is 8.73. The third-order valence-corrected chi connectivity index (χ3v) is 6.34. The molecule has 25 heavy (non-hydrogen) atoms. The number of nitrogens with one attached hydrogen (secondary N) is 1. The topological polar surface area (TPSA) is 92.8 Å². The molecule has 0 bridgehead atoms. The number of nitrogens with zero attached hydrogens (tertiary/aromatic N) is 1. The summed E-state index contributed by atoms with van der Waals surface area (Å²) in [6.45, 7) is 0.625. The first-order valence-electron chi connectivity index (χ1n) is 8.43. The zero-order valence-corrected chi connectivity index (χ0v) is 14.7. The van der Waals surface area contributed by atoms with Crippen molar-refractivity contribution >= 4 is 21.8 Å². The molecule has 8 heteroatoms. The second-order valence-electron chi connectivity index (χ2n) is 6.50. The van der Waals surface area contributed by atoms with Crippen LogP contribution in [0.3, 0.4) is 0 Å². The van der Waals surface area contributed by atoms with Crippen molar-refractivity contribution < 1.29 is 22.7 Å². The Hall–Kier alpha value is -2.09. The van der Waals surface area contributed by atoms with Crippen LogP contribution in [0, 0.1) is 0 Å². The molecule has 0 spiro atoms. The average Bonchev–Trinajstić information content (AvgIpc) is 3.20. The van der Waals surface area contributed by atoms with Crippen molar-refractivity contribution in [2.75, 3.05) is 18.1 Å². The van der Waals surface area contributed by atoms with Crippen LogP contribution in [0.5, 0.6) is 0 Å². The number of carbonyl (C=O) groups excluding carboxylic acids is 2. The first kappa shape index (κ1) is 17.7. The Balaban J connectivity index is 1.54. The predicted molar refractivity (Wildman–Crippen MR) is 91.6 cm³/mol. The van der Waals surface area contributed by atoms with E-state index in [1.165, 1.54) is 4.90 Å². The van der Waals surface area contributed by atoms with Gasteiger partial charge < -0.3 is 10.1 Å². The highest BCUT2D eigenvalue weighted by atomic mass is 32.2. The summed E-state index contributed by atoms with van der Waals surface area (Å²) in [5.74, 6) is -0.216. The fraction of sp³-hybridized carbons (Fsp3) is 0.529. The largest absolute Gasteiger partial charge is 0.445 e. The van der Waals surface area contributed by atoms with E-state index in [1.807, 2.05) is 30.3 Å². The fourth-order valence-corrected chi connectivity index (χ4v) is 4.94. The van der Waals surface area contributed by atoms with Crippen LogP contribution in [0.2, 0.25) is 0 Å². The molecule has 2 amide bonds. The number of carbonyl (C=O) groups is 2. The van der Waals surface area contributed by atoms with Crippen LogP contribution in [0.1, 0.15) is 24.8 Å². The monoisotopic (exact) mass is 366 g/mol. The lowest BCUT2D eigenvalue weighted by molar-refractivity contribution is -0.125. The molecule has 3 rings (SSSR count). The molecule has 2 aliphatic heterocycles. The van der Waals surface area contributed by atoms with Gasteiger partial charge in [-0.3, -0.25) is 9.69 Å². The molecule has 0 radical (unpaired) electrons. The van der Waals surface area contributed by atoms with Gasteiger partial charge in [-0.15, -0.1) is 0 Å². The minimum absolute atomic E-state index is 0.0239. The summed E-state index contributed by atoms with van der Waals surface area (Å²) < 4.78 is 28.3. The standard InChI is InChI=1S/C17H22N2O5S/c20-16(18-14-8-10-25(22,23)12-14)15-7-4-9-19(15)17(21)24-11-13-5-2-1-3-6-13/h1-3,5-6,14-15H,4,7-12H2,(H,18,20). The molecule has 2 heterocycles. The molecule has 2 aliphatic rings. The summed E-state index contributed by atoms with van der Waals surface area (Å²) in [6, 6.07) is 8.39. The van der Waals surface area contributed by atoms with Gasteiger partial charge in [0.05, 0.1) is 11.5 Å². The second kappa shape index (κ2) is 7.43. The van der Waals surface area contributed by atoms with Crippen LogP contribution < -0.4 is 5.32 Å². The van der Waals surface area contributed by atoms with E-state index in [0.717, 1.165) is 12.0 Å². The summed E-state index contributed by atoms with van der Waals surface area (Å²) in [5, 5.41) is 2.77. The molecule has 1 aromatic carbocycles. The molecule has 2 fully saturated rings. The molecular formula is C17H22N2O5S. The van der Waals surface area contributed by atoms with E-state index in [4.69, 9.17) is 4.74 Å². The van der Waals surface area contributed by atoms with Gasteiger partial charge in [-0.05, 0) is 24.8 Å². The molecule has 1 aromatic rings. The van der Waals surface area contributed by atoms with Gasteiger partial charge in [0.2, 0.25) is 5.91 Å². The van der Waals surface area contributed by atoms with Crippen molar-refractivity contribution in [2.24, 2.45) is 0 Å². The number of amides is 2. The number of ether oxygens (including phenoxy) is 1. The number of hydrogen-bond acceptors (Lipinski definition) is 5. The van der Waals surface area contributed by atoms with E-state index >= 15 is 0 Å². The number of likely N-dealkylation sites (tertiary alicyclic amines) is 1. The number of hydrogen-bond donors (Lipinski definition) is 1. The summed E-state index contributed by atoms with van der Waals surface area (Å²) >= 11 is 0. The highest BCUT2D eigenvalue weighted by molar-refractivity contribution is 7.91. The van der Waals surface area contributed by atoms with Crippen molar-refractivity contribution in [1.29, 1.82) is 0 Å². The smallest absolute Gasteiger partial charge is 0.410 e. The maximum atomic E-state index is 12.4. The van der Waals surface area contributed by atoms with Crippen LogP contribution >= 0.6 is 0 Å². The first-order valence-corrected chi connectivity index (χ1v) is 10.2. The van der Waals surface area contributed by atoms with Gasteiger partial charge in [0.25, 0.3) is 0 Å². The maximum Gasteiger partial charge on any atom is 0.410 e. The Morgan fingerprint density at radius 1 is 1.20 bits per heavy atom. The van der Waals surface area contributed by atoms with Crippen molar-refractivity contribution in [3.8, 4) is 0 Å². The molecule has 2 unspecified atom stereocenters. The zero-order chi connectivity index (χ0) is 17.9. The Bertz CT molecular complexity index is 735. The van der Waals surface area contributed by atoms with Crippen molar-refractivity contribution in [3.63, 3.8) is 0 Å². The number of benzene rings is 1. The van der Waals surface area contributed by atoms with Gasteiger partial charge in [0.1, 0.15) is 12.6 Å². The fourth-order valence-electron chi connectivity index (χ4n) is 3.27. The van der Waals surface area contributed by atoms with Crippen LogP contribution in [0.25, 0.3) is 0 Å². The maximum absolute atomic E-state index is 12.4. The number of sulfone groups is 1. The van der Waals surface area contributed by atoms with Crippen molar-refractivity contribution in [1.82, 2.24) is 10.2 Å². The number of rotatable bonds is 4. The van der Waals surface area contributed by atoms with Crippen LogP contribution in [-0.2, 0) is 26.0 Å². The first-order chi connectivity index (χ1) is 11.9. The zero-order valence-electron chi connectivity index (χ0n) is 13.9. The van der Waals surface area contributed by atoms with Gasteiger partial charge in [0.15, 0.2) is 9.84 Å². The minimum atomic E-state index is -3.05. The van der Waals surface area contributed by atoms with E-state index in [1.54, 1.807) is 0 Å². The Labute approximate surface area is 147 Å². The van der Waals surface area contributed by atoms with Gasteiger partial charge in [-0.1, -0.05) is 30.3 Å². The lowest BCUT2D eigenvalue weighted by atomic mass is 10.2. The lowest BCUT2D eigenvalue weighted by Crippen LogP contribution is -2.49. The average molecular weight is 366 g/mol. The van der Waals surface area contributed by atoms with Gasteiger partial charge in [-0.25, -0.2) is 13.2 Å². The normalized spacial score (nSPS) is 24.9. The van der Waals surface area contributed by atoms with E-state index in [0.29, 0.717) is 19.4 Å². The summed E-state index contributed by atoms with van der Waals surface area (Å²) in [6.07, 6.45) is 1.20. The summed E-state index contributed by atoms with van der Waals surface area (Å²) in [5.41, 5.74) is 0.882. The third-order valence-electron chi connectivity index (χ3n) is 4.57. The van der Waals surface area contributed by atoms with Gasteiger partial charge in [-0.2, -0.15) is 0 Å². The van der Waals surface area contributed by atoms with Gasteiger partial charge >= 0.3 is 6.09 Å². The highest BCUT2D eigenvalue weighted by Crippen LogP contribution is 2.20. The Kier molecular flexibility index (Phi) is 5.27. The third kappa shape index (κ3) is 4.50. The van der Waals surface area contributed by atoms with E-state index < -0.39 is 22.0 Å². The quantitative estimate of drug-likeness (QED) is 0.861. The highest BCUT2D eigenvalue weighted by Gasteiger charge is 2.37. The Morgan fingerprint density at radius 3 is 2.64 bits per heavy atom. The summed E-state index contributed by atoms with van der Waals surface area (Å²) in [4.78, 5) is 26.2. The molecule has 136 valence electrons. The van der Waals surface area contributed by atoms with E-state index in [9.17, 15) is 18.0 Å². The van der Waals surface area contributed by atoms with Crippen LogP contribution in [0.15, 0.2) is 30.3 Å². The van der Waals surface area contributed by atoms with Gasteiger partial charge in [0, 0.05) is 12.6 Å². The van der Waals surface area contributed by atoms with Crippen LogP contribution in [0.4, 0.5) is 4.79 Å². The molecule has 1 N–H and O–H groups in total. The molecular weight excluding hydrogens is 344 g/mol. The molecule has 7 nitrogen and oxygen atoms in total. The predicted octanol–water partition coefficient (Wildman–Crippen LogP) is 1.09. The van der Waals surface area contributed by atoms with E-state index in [-0.39, 0.29) is 30.1 Å². The lowest BCUT2D eigenvalue weighted by Gasteiger charge is -2.24. The summed E-state index contributed by atoms with van der Waals surface area (Å²) in [7, 11) is -3.05. The minimum Gasteiger partial charge on any atom is -0.445 e.